The van der Waals surface area contributed by atoms with Crippen LogP contribution < -0.4 is 5.73 Å². The molecule has 1 amide bonds. The van der Waals surface area contributed by atoms with Gasteiger partial charge in [-0.3, -0.25) is 4.79 Å². The molecule has 1 heterocycles. The zero-order valence-electron chi connectivity index (χ0n) is 10.4. The molecule has 90 valence electrons. The minimum Gasteiger partial charge on any atom is -0.466 e. The molecule has 16 heavy (non-hydrogen) atoms. The van der Waals surface area contributed by atoms with Crippen molar-refractivity contribution >= 4 is 5.91 Å². The Balaban J connectivity index is 2.81. The third-order valence-corrected chi connectivity index (χ3v) is 2.84. The third-order valence-electron chi connectivity index (χ3n) is 2.84. The van der Waals surface area contributed by atoms with Crippen molar-refractivity contribution in [1.29, 1.82) is 0 Å². The Hall–Kier alpha value is -1.29. The maximum absolute atomic E-state index is 12.1. The van der Waals surface area contributed by atoms with Crippen LogP contribution in [0.1, 0.15) is 35.2 Å². The van der Waals surface area contributed by atoms with E-state index in [0.717, 1.165) is 12.2 Å². The average Bonchev–Trinajstić information content (AvgIpc) is 2.56. The number of carbonyl (C=O) groups excluding carboxylic acids is 1. The molecule has 0 aliphatic rings. The lowest BCUT2D eigenvalue weighted by Crippen LogP contribution is -2.36. The Bertz CT molecular complexity index is 371. The average molecular weight is 224 g/mol. The molecule has 0 aliphatic heterocycles. The van der Waals surface area contributed by atoms with Crippen molar-refractivity contribution in [2.45, 2.75) is 33.2 Å². The zero-order valence-corrected chi connectivity index (χ0v) is 10.4. The molecule has 1 aromatic rings. The van der Waals surface area contributed by atoms with Crippen molar-refractivity contribution in [3.05, 3.63) is 23.2 Å². The summed E-state index contributed by atoms with van der Waals surface area (Å²) in [5, 5.41) is 0. The van der Waals surface area contributed by atoms with Crippen molar-refractivity contribution < 1.29 is 9.21 Å². The van der Waals surface area contributed by atoms with E-state index in [-0.39, 0.29) is 11.9 Å². The summed E-state index contributed by atoms with van der Waals surface area (Å²) in [5.41, 5.74) is 6.13. The SMILES string of the molecule is Cc1cc(C(=O)N(C)C(C)CCN)c(C)o1. The van der Waals surface area contributed by atoms with Gasteiger partial charge < -0.3 is 15.1 Å². The molecule has 2 N–H and O–H groups in total. The lowest BCUT2D eigenvalue weighted by molar-refractivity contribution is 0.0737. The fourth-order valence-electron chi connectivity index (χ4n) is 1.67. The molecular formula is C12H20N2O2. The first kappa shape index (κ1) is 12.8. The van der Waals surface area contributed by atoms with E-state index in [1.54, 1.807) is 18.0 Å². The largest absolute Gasteiger partial charge is 0.466 e. The van der Waals surface area contributed by atoms with Crippen LogP contribution in [-0.4, -0.2) is 30.4 Å². The van der Waals surface area contributed by atoms with E-state index >= 15 is 0 Å². The number of hydrogen-bond acceptors (Lipinski definition) is 3. The predicted octanol–water partition coefficient (Wildman–Crippen LogP) is 1.71. The molecule has 0 saturated heterocycles. The van der Waals surface area contributed by atoms with Crippen LogP contribution in [0, 0.1) is 13.8 Å². The molecule has 0 spiro atoms. The van der Waals surface area contributed by atoms with Gasteiger partial charge in [0.2, 0.25) is 0 Å². The first-order valence-electron chi connectivity index (χ1n) is 5.51. The molecule has 0 fully saturated rings. The Kier molecular flexibility index (Phi) is 4.12. The highest BCUT2D eigenvalue weighted by Gasteiger charge is 2.20. The highest BCUT2D eigenvalue weighted by molar-refractivity contribution is 5.95. The highest BCUT2D eigenvalue weighted by Crippen LogP contribution is 2.16. The summed E-state index contributed by atoms with van der Waals surface area (Å²) in [6.07, 6.45) is 0.804. The number of furan rings is 1. The second-order valence-corrected chi connectivity index (χ2v) is 4.17. The van der Waals surface area contributed by atoms with E-state index in [4.69, 9.17) is 10.2 Å². The Morgan fingerprint density at radius 3 is 2.62 bits per heavy atom. The van der Waals surface area contributed by atoms with Gasteiger partial charge in [0, 0.05) is 13.1 Å². The Morgan fingerprint density at radius 2 is 2.19 bits per heavy atom. The van der Waals surface area contributed by atoms with E-state index in [0.29, 0.717) is 17.9 Å². The topological polar surface area (TPSA) is 59.5 Å². The summed E-state index contributed by atoms with van der Waals surface area (Å²) in [5.74, 6) is 1.44. The second-order valence-electron chi connectivity index (χ2n) is 4.17. The molecule has 1 aromatic heterocycles. The number of carbonyl (C=O) groups is 1. The van der Waals surface area contributed by atoms with Gasteiger partial charge in [-0.1, -0.05) is 0 Å². The molecule has 1 rings (SSSR count). The maximum atomic E-state index is 12.1. The summed E-state index contributed by atoms with van der Waals surface area (Å²) in [6, 6.07) is 1.93. The van der Waals surface area contributed by atoms with Crippen LogP contribution >= 0.6 is 0 Å². The highest BCUT2D eigenvalue weighted by atomic mass is 16.3. The lowest BCUT2D eigenvalue weighted by atomic mass is 10.1. The van der Waals surface area contributed by atoms with Gasteiger partial charge in [0.25, 0.3) is 5.91 Å². The number of nitrogens with two attached hydrogens (primary N) is 1. The Morgan fingerprint density at radius 1 is 1.56 bits per heavy atom. The molecule has 0 aromatic carbocycles. The maximum Gasteiger partial charge on any atom is 0.257 e. The van der Waals surface area contributed by atoms with Crippen LogP contribution in [0.2, 0.25) is 0 Å². The fraction of sp³-hybridized carbons (Fsp3) is 0.583. The smallest absolute Gasteiger partial charge is 0.257 e. The van der Waals surface area contributed by atoms with Crippen LogP contribution in [0.3, 0.4) is 0 Å². The summed E-state index contributed by atoms with van der Waals surface area (Å²) in [4.78, 5) is 13.8. The van der Waals surface area contributed by atoms with E-state index in [9.17, 15) is 4.79 Å². The molecule has 1 unspecified atom stereocenters. The van der Waals surface area contributed by atoms with Crippen LogP contribution in [0.4, 0.5) is 0 Å². The summed E-state index contributed by atoms with van der Waals surface area (Å²) in [6.45, 7) is 6.23. The van der Waals surface area contributed by atoms with E-state index < -0.39 is 0 Å². The van der Waals surface area contributed by atoms with E-state index in [2.05, 4.69) is 0 Å². The molecule has 0 aliphatic carbocycles. The molecular weight excluding hydrogens is 204 g/mol. The molecule has 4 heteroatoms. The number of rotatable bonds is 4. The second kappa shape index (κ2) is 5.16. The van der Waals surface area contributed by atoms with Crippen LogP contribution in [0.5, 0.6) is 0 Å². The molecule has 4 nitrogen and oxygen atoms in total. The predicted molar refractivity (Wildman–Crippen MR) is 63.4 cm³/mol. The van der Waals surface area contributed by atoms with Gasteiger partial charge in [-0.05, 0) is 39.8 Å². The zero-order chi connectivity index (χ0) is 12.3. The van der Waals surface area contributed by atoms with Crippen molar-refractivity contribution in [2.24, 2.45) is 5.73 Å². The normalized spacial score (nSPS) is 12.6. The first-order chi connectivity index (χ1) is 7.47. The number of hydrogen-bond donors (Lipinski definition) is 1. The van der Waals surface area contributed by atoms with Crippen LogP contribution in [0.25, 0.3) is 0 Å². The minimum atomic E-state index is -0.00435. The number of amides is 1. The third kappa shape index (κ3) is 2.64. The minimum absolute atomic E-state index is 0.00435. The van der Waals surface area contributed by atoms with Gasteiger partial charge in [-0.2, -0.15) is 0 Å². The summed E-state index contributed by atoms with van der Waals surface area (Å²) >= 11 is 0. The van der Waals surface area contributed by atoms with Gasteiger partial charge in [0.05, 0.1) is 5.56 Å². The van der Waals surface area contributed by atoms with Gasteiger partial charge in [-0.15, -0.1) is 0 Å². The van der Waals surface area contributed by atoms with Crippen molar-refractivity contribution in [2.75, 3.05) is 13.6 Å². The van der Waals surface area contributed by atoms with Crippen molar-refractivity contribution in [3.63, 3.8) is 0 Å². The van der Waals surface area contributed by atoms with E-state index in [1.807, 2.05) is 20.8 Å². The van der Waals surface area contributed by atoms with Gasteiger partial charge in [0.15, 0.2) is 0 Å². The monoisotopic (exact) mass is 224 g/mol. The Labute approximate surface area is 96.4 Å². The summed E-state index contributed by atoms with van der Waals surface area (Å²) < 4.78 is 5.35. The van der Waals surface area contributed by atoms with Crippen molar-refractivity contribution in [3.8, 4) is 0 Å². The quantitative estimate of drug-likeness (QED) is 0.847. The summed E-state index contributed by atoms with van der Waals surface area (Å²) in [7, 11) is 1.80. The van der Waals surface area contributed by atoms with Gasteiger partial charge in [0.1, 0.15) is 11.5 Å². The van der Waals surface area contributed by atoms with Gasteiger partial charge >= 0.3 is 0 Å². The standard InChI is InChI=1S/C12H20N2O2/c1-8(5-6-13)14(4)12(15)11-7-9(2)16-10(11)3/h7-8H,5-6,13H2,1-4H3. The molecule has 0 radical (unpaired) electrons. The van der Waals surface area contributed by atoms with Crippen LogP contribution in [0.15, 0.2) is 10.5 Å². The first-order valence-corrected chi connectivity index (χ1v) is 5.51. The lowest BCUT2D eigenvalue weighted by Gasteiger charge is -2.24. The molecule has 0 saturated carbocycles. The van der Waals surface area contributed by atoms with Crippen LogP contribution in [-0.2, 0) is 0 Å². The van der Waals surface area contributed by atoms with E-state index in [1.165, 1.54) is 0 Å². The van der Waals surface area contributed by atoms with Gasteiger partial charge in [-0.25, -0.2) is 0 Å². The van der Waals surface area contributed by atoms with Crippen molar-refractivity contribution in [1.82, 2.24) is 4.90 Å². The molecule has 1 atom stereocenters. The number of nitrogens with zero attached hydrogens (tertiary/aromatic N) is 1. The molecule has 0 bridgehead atoms. The fourth-order valence-corrected chi connectivity index (χ4v) is 1.67. The number of aryl methyl sites for hydroxylation is 2.